The van der Waals surface area contributed by atoms with Crippen molar-refractivity contribution in [3.05, 3.63) is 18.2 Å². The third kappa shape index (κ3) is 2.85. The zero-order valence-corrected chi connectivity index (χ0v) is 8.40. The van der Waals surface area contributed by atoms with Crippen molar-refractivity contribution in [2.75, 3.05) is 6.54 Å². The summed E-state index contributed by atoms with van der Waals surface area (Å²) in [4.78, 5) is 14.3. The summed E-state index contributed by atoms with van der Waals surface area (Å²) in [5, 5.41) is 11.3. The lowest BCUT2D eigenvalue weighted by Gasteiger charge is -2.11. The molecule has 5 heteroatoms. The third-order valence-corrected chi connectivity index (χ3v) is 1.88. The van der Waals surface area contributed by atoms with E-state index in [1.807, 2.05) is 4.57 Å². The van der Waals surface area contributed by atoms with Gasteiger partial charge in [-0.2, -0.15) is 0 Å². The van der Waals surface area contributed by atoms with Crippen molar-refractivity contribution >= 4 is 5.97 Å². The Morgan fingerprint density at radius 2 is 2.43 bits per heavy atom. The summed E-state index contributed by atoms with van der Waals surface area (Å²) in [5.74, 6) is -0.847. The highest BCUT2D eigenvalue weighted by molar-refractivity contribution is 5.68. The van der Waals surface area contributed by atoms with Gasteiger partial charge in [-0.1, -0.05) is 0 Å². The summed E-state index contributed by atoms with van der Waals surface area (Å²) < 4.78 is 2.01. The molecule has 0 aliphatic rings. The first-order chi connectivity index (χ1) is 6.61. The Morgan fingerprint density at radius 1 is 1.71 bits per heavy atom. The number of carbonyl (C=O) groups is 1. The lowest BCUT2D eigenvalue weighted by Crippen LogP contribution is -2.23. The Balaban J connectivity index is 2.50. The normalized spacial score (nSPS) is 10.8. The molecule has 1 aromatic rings. The average molecular weight is 197 g/mol. The summed E-state index contributed by atoms with van der Waals surface area (Å²) in [6, 6.07) is 0.346. The van der Waals surface area contributed by atoms with Crippen LogP contribution in [0.2, 0.25) is 0 Å². The second-order valence-corrected chi connectivity index (χ2v) is 3.38. The standard InChI is InChI=1S/C9H15N3O2/c1-7(2)12-6-11-4-8(12)3-10-5-9(13)14/h4,6-7,10H,3,5H2,1-2H3,(H,13,14). The number of imidazole rings is 1. The fourth-order valence-electron chi connectivity index (χ4n) is 1.23. The minimum atomic E-state index is -0.847. The summed E-state index contributed by atoms with van der Waals surface area (Å²) in [6.07, 6.45) is 3.50. The Morgan fingerprint density at radius 3 is 3.00 bits per heavy atom. The molecule has 1 aromatic heterocycles. The van der Waals surface area contributed by atoms with Crippen LogP contribution in [0.15, 0.2) is 12.5 Å². The molecule has 2 N–H and O–H groups in total. The predicted molar refractivity (Wildman–Crippen MR) is 52.0 cm³/mol. The van der Waals surface area contributed by atoms with Gasteiger partial charge in [0.05, 0.1) is 18.6 Å². The van der Waals surface area contributed by atoms with Crippen LogP contribution in [0.3, 0.4) is 0 Å². The molecule has 0 aliphatic carbocycles. The average Bonchev–Trinajstić information content (AvgIpc) is 2.51. The van der Waals surface area contributed by atoms with Crippen LogP contribution in [0.1, 0.15) is 25.6 Å². The van der Waals surface area contributed by atoms with Crippen LogP contribution in [-0.2, 0) is 11.3 Å². The van der Waals surface area contributed by atoms with Crippen LogP contribution < -0.4 is 5.32 Å². The van der Waals surface area contributed by atoms with E-state index in [0.717, 1.165) is 5.69 Å². The van der Waals surface area contributed by atoms with Gasteiger partial charge in [-0.15, -0.1) is 0 Å². The molecular formula is C9H15N3O2. The Hall–Kier alpha value is -1.36. The monoisotopic (exact) mass is 197 g/mol. The van der Waals surface area contributed by atoms with Crippen molar-refractivity contribution in [1.82, 2.24) is 14.9 Å². The summed E-state index contributed by atoms with van der Waals surface area (Å²) in [7, 11) is 0. The van der Waals surface area contributed by atoms with Gasteiger partial charge in [0.25, 0.3) is 0 Å². The van der Waals surface area contributed by atoms with Crippen LogP contribution in [0.4, 0.5) is 0 Å². The number of nitrogens with zero attached hydrogens (tertiary/aromatic N) is 2. The molecular weight excluding hydrogens is 182 g/mol. The van der Waals surface area contributed by atoms with Crippen LogP contribution in [0, 0.1) is 0 Å². The molecule has 0 saturated carbocycles. The maximum atomic E-state index is 10.3. The minimum Gasteiger partial charge on any atom is -0.480 e. The molecule has 0 atom stereocenters. The molecule has 0 radical (unpaired) electrons. The van der Waals surface area contributed by atoms with Gasteiger partial charge in [0, 0.05) is 18.8 Å². The highest BCUT2D eigenvalue weighted by Crippen LogP contribution is 2.07. The van der Waals surface area contributed by atoms with Crippen molar-refractivity contribution in [3.63, 3.8) is 0 Å². The first kappa shape index (κ1) is 10.7. The fourth-order valence-corrected chi connectivity index (χ4v) is 1.23. The van der Waals surface area contributed by atoms with E-state index < -0.39 is 5.97 Å². The van der Waals surface area contributed by atoms with Gasteiger partial charge < -0.3 is 15.0 Å². The fraction of sp³-hybridized carbons (Fsp3) is 0.556. The number of hydrogen-bond acceptors (Lipinski definition) is 3. The van der Waals surface area contributed by atoms with E-state index in [1.54, 1.807) is 12.5 Å². The molecule has 0 fully saturated rings. The predicted octanol–water partition coefficient (Wildman–Crippen LogP) is 0.638. The van der Waals surface area contributed by atoms with Gasteiger partial charge >= 0.3 is 5.97 Å². The summed E-state index contributed by atoms with van der Waals surface area (Å²) in [6.45, 7) is 4.62. The molecule has 1 heterocycles. The zero-order valence-electron chi connectivity index (χ0n) is 8.40. The second-order valence-electron chi connectivity index (χ2n) is 3.38. The first-order valence-electron chi connectivity index (χ1n) is 4.54. The molecule has 0 spiro atoms. The maximum absolute atomic E-state index is 10.3. The molecule has 0 amide bonds. The Labute approximate surface area is 82.8 Å². The number of nitrogens with one attached hydrogen (secondary N) is 1. The van der Waals surface area contributed by atoms with Crippen molar-refractivity contribution in [2.24, 2.45) is 0 Å². The third-order valence-electron chi connectivity index (χ3n) is 1.88. The number of carboxylic acid groups (broad SMARTS) is 1. The molecule has 0 aromatic carbocycles. The molecule has 0 aliphatic heterocycles. The quantitative estimate of drug-likeness (QED) is 0.726. The topological polar surface area (TPSA) is 67.2 Å². The minimum absolute atomic E-state index is 0.0245. The Bertz CT molecular complexity index is 307. The van der Waals surface area contributed by atoms with Crippen LogP contribution >= 0.6 is 0 Å². The molecule has 14 heavy (non-hydrogen) atoms. The number of aromatic nitrogens is 2. The van der Waals surface area contributed by atoms with Crippen molar-refractivity contribution in [3.8, 4) is 0 Å². The van der Waals surface area contributed by atoms with E-state index >= 15 is 0 Å². The van der Waals surface area contributed by atoms with Crippen molar-refractivity contribution in [1.29, 1.82) is 0 Å². The van der Waals surface area contributed by atoms with E-state index in [1.165, 1.54) is 0 Å². The molecule has 78 valence electrons. The molecule has 5 nitrogen and oxygen atoms in total. The van der Waals surface area contributed by atoms with E-state index in [-0.39, 0.29) is 6.54 Å². The summed E-state index contributed by atoms with van der Waals surface area (Å²) in [5.41, 5.74) is 1.00. The highest BCUT2D eigenvalue weighted by Gasteiger charge is 2.05. The van der Waals surface area contributed by atoms with E-state index in [2.05, 4.69) is 24.1 Å². The van der Waals surface area contributed by atoms with Crippen LogP contribution in [-0.4, -0.2) is 27.2 Å². The van der Waals surface area contributed by atoms with E-state index in [0.29, 0.717) is 12.6 Å². The zero-order chi connectivity index (χ0) is 10.6. The summed E-state index contributed by atoms with van der Waals surface area (Å²) >= 11 is 0. The molecule has 0 unspecified atom stereocenters. The second kappa shape index (κ2) is 4.76. The largest absolute Gasteiger partial charge is 0.480 e. The first-order valence-corrected chi connectivity index (χ1v) is 4.54. The van der Waals surface area contributed by atoms with E-state index in [4.69, 9.17) is 5.11 Å². The van der Waals surface area contributed by atoms with Gasteiger partial charge in [-0.05, 0) is 13.8 Å². The highest BCUT2D eigenvalue weighted by atomic mass is 16.4. The Kier molecular flexibility index (Phi) is 3.64. The lowest BCUT2D eigenvalue weighted by atomic mass is 10.3. The van der Waals surface area contributed by atoms with E-state index in [9.17, 15) is 4.79 Å². The number of rotatable bonds is 5. The molecule has 0 saturated heterocycles. The van der Waals surface area contributed by atoms with Crippen LogP contribution in [0.5, 0.6) is 0 Å². The number of hydrogen-bond donors (Lipinski definition) is 2. The molecule has 0 bridgehead atoms. The van der Waals surface area contributed by atoms with Gasteiger partial charge in [0.15, 0.2) is 0 Å². The van der Waals surface area contributed by atoms with Gasteiger partial charge in [-0.25, -0.2) is 4.98 Å². The van der Waals surface area contributed by atoms with Crippen molar-refractivity contribution < 1.29 is 9.90 Å². The number of aliphatic carboxylic acids is 1. The van der Waals surface area contributed by atoms with Gasteiger partial charge in [-0.3, -0.25) is 4.79 Å². The SMILES string of the molecule is CC(C)n1cncc1CNCC(=O)O. The van der Waals surface area contributed by atoms with Gasteiger partial charge in [0.2, 0.25) is 0 Å². The van der Waals surface area contributed by atoms with Gasteiger partial charge in [0.1, 0.15) is 0 Å². The van der Waals surface area contributed by atoms with Crippen LogP contribution in [0.25, 0.3) is 0 Å². The maximum Gasteiger partial charge on any atom is 0.317 e. The lowest BCUT2D eigenvalue weighted by molar-refractivity contribution is -0.136. The molecule has 1 rings (SSSR count). The number of carboxylic acids is 1. The smallest absolute Gasteiger partial charge is 0.317 e. The van der Waals surface area contributed by atoms with Crippen molar-refractivity contribution in [2.45, 2.75) is 26.4 Å².